The van der Waals surface area contributed by atoms with Crippen LogP contribution in [0.1, 0.15) is 24.5 Å². The SMILES string of the molecule is CC1OCCC1(O)CNCc1ccc(C#N)cc1Cl. The summed E-state index contributed by atoms with van der Waals surface area (Å²) in [5.74, 6) is 0. The van der Waals surface area contributed by atoms with Crippen LogP contribution in [0.25, 0.3) is 0 Å². The fourth-order valence-corrected chi connectivity index (χ4v) is 2.42. The summed E-state index contributed by atoms with van der Waals surface area (Å²) < 4.78 is 5.37. The highest BCUT2D eigenvalue weighted by molar-refractivity contribution is 6.31. The zero-order valence-electron chi connectivity index (χ0n) is 10.8. The van der Waals surface area contributed by atoms with Gasteiger partial charge in [-0.05, 0) is 24.6 Å². The molecule has 0 amide bonds. The Morgan fingerprint density at radius 1 is 1.63 bits per heavy atom. The molecule has 2 rings (SSSR count). The number of rotatable bonds is 4. The summed E-state index contributed by atoms with van der Waals surface area (Å²) in [7, 11) is 0. The number of hydrogen-bond donors (Lipinski definition) is 2. The molecule has 19 heavy (non-hydrogen) atoms. The lowest BCUT2D eigenvalue weighted by Gasteiger charge is -2.26. The molecule has 4 nitrogen and oxygen atoms in total. The van der Waals surface area contributed by atoms with Crippen molar-refractivity contribution in [1.82, 2.24) is 5.32 Å². The lowest BCUT2D eigenvalue weighted by Crippen LogP contribution is -2.45. The van der Waals surface area contributed by atoms with Gasteiger partial charge in [-0.25, -0.2) is 0 Å². The fourth-order valence-electron chi connectivity index (χ4n) is 2.18. The largest absolute Gasteiger partial charge is 0.386 e. The van der Waals surface area contributed by atoms with E-state index < -0.39 is 5.60 Å². The summed E-state index contributed by atoms with van der Waals surface area (Å²) in [6.45, 7) is 3.49. The van der Waals surface area contributed by atoms with E-state index in [1.54, 1.807) is 12.1 Å². The van der Waals surface area contributed by atoms with Gasteiger partial charge in [-0.2, -0.15) is 5.26 Å². The number of halogens is 1. The minimum absolute atomic E-state index is 0.156. The standard InChI is InChI=1S/C14H17ClN2O2/c1-10-14(18,4-5-19-10)9-17-8-12-3-2-11(7-16)6-13(12)15/h2-3,6,10,17-18H,4-5,8-9H2,1H3. The second-order valence-electron chi connectivity index (χ2n) is 4.89. The third-order valence-corrected chi connectivity index (χ3v) is 3.94. The van der Waals surface area contributed by atoms with Crippen molar-refractivity contribution in [3.8, 4) is 6.07 Å². The summed E-state index contributed by atoms with van der Waals surface area (Å²) in [4.78, 5) is 0. The van der Waals surface area contributed by atoms with Crippen molar-refractivity contribution in [3.63, 3.8) is 0 Å². The van der Waals surface area contributed by atoms with E-state index >= 15 is 0 Å². The van der Waals surface area contributed by atoms with Gasteiger partial charge in [-0.15, -0.1) is 0 Å². The zero-order valence-corrected chi connectivity index (χ0v) is 11.6. The average Bonchev–Trinajstić information content (AvgIpc) is 2.72. The van der Waals surface area contributed by atoms with Gasteiger partial charge in [0.2, 0.25) is 0 Å². The summed E-state index contributed by atoms with van der Waals surface area (Å²) >= 11 is 6.09. The molecule has 0 bridgehead atoms. The molecule has 5 heteroatoms. The number of nitriles is 1. The third kappa shape index (κ3) is 3.26. The summed E-state index contributed by atoms with van der Waals surface area (Å²) in [5.41, 5.74) is 0.653. The van der Waals surface area contributed by atoms with Crippen LogP contribution >= 0.6 is 11.6 Å². The highest BCUT2D eigenvalue weighted by Gasteiger charge is 2.38. The second kappa shape index (κ2) is 5.89. The molecule has 1 aliphatic heterocycles. The third-order valence-electron chi connectivity index (χ3n) is 3.59. The lowest BCUT2D eigenvalue weighted by molar-refractivity contribution is -0.0262. The van der Waals surface area contributed by atoms with Crippen molar-refractivity contribution in [1.29, 1.82) is 5.26 Å². The van der Waals surface area contributed by atoms with Gasteiger partial charge in [0.05, 0.1) is 17.7 Å². The number of nitrogens with zero attached hydrogens (tertiary/aromatic N) is 1. The molecular formula is C14H17ClN2O2. The minimum Gasteiger partial charge on any atom is -0.386 e. The van der Waals surface area contributed by atoms with Crippen LogP contribution in [0.3, 0.4) is 0 Å². The molecular weight excluding hydrogens is 264 g/mol. The zero-order chi connectivity index (χ0) is 13.9. The maximum Gasteiger partial charge on any atom is 0.105 e. The Balaban J connectivity index is 1.91. The van der Waals surface area contributed by atoms with Crippen LogP contribution in [-0.2, 0) is 11.3 Å². The van der Waals surface area contributed by atoms with E-state index in [2.05, 4.69) is 5.32 Å². The summed E-state index contributed by atoms with van der Waals surface area (Å²) in [5, 5.41) is 22.8. The van der Waals surface area contributed by atoms with Crippen molar-refractivity contribution in [2.45, 2.75) is 31.6 Å². The molecule has 2 atom stereocenters. The maximum absolute atomic E-state index is 10.3. The fraction of sp³-hybridized carbons (Fsp3) is 0.500. The molecule has 0 radical (unpaired) electrons. The molecule has 1 aromatic carbocycles. The molecule has 1 aliphatic rings. The molecule has 1 fully saturated rings. The lowest BCUT2D eigenvalue weighted by atomic mass is 9.96. The topological polar surface area (TPSA) is 65.3 Å². The predicted octanol–water partition coefficient (Wildman–Crippen LogP) is 1.84. The maximum atomic E-state index is 10.3. The Kier molecular flexibility index (Phi) is 4.43. The smallest absolute Gasteiger partial charge is 0.105 e. The number of nitrogens with one attached hydrogen (secondary N) is 1. The minimum atomic E-state index is -0.806. The summed E-state index contributed by atoms with van der Waals surface area (Å²) in [6, 6.07) is 7.25. The van der Waals surface area contributed by atoms with Crippen LogP contribution in [0.5, 0.6) is 0 Å². The molecule has 102 valence electrons. The Bertz CT molecular complexity index is 501. The van der Waals surface area contributed by atoms with Crippen LogP contribution in [-0.4, -0.2) is 30.0 Å². The number of aliphatic hydroxyl groups is 1. The van der Waals surface area contributed by atoms with E-state index in [9.17, 15) is 5.11 Å². The van der Waals surface area contributed by atoms with Gasteiger partial charge in [0, 0.05) is 31.1 Å². The molecule has 1 saturated heterocycles. The van der Waals surface area contributed by atoms with Gasteiger partial charge in [0.25, 0.3) is 0 Å². The molecule has 0 spiro atoms. The molecule has 0 saturated carbocycles. The van der Waals surface area contributed by atoms with Crippen molar-refractivity contribution in [3.05, 3.63) is 34.3 Å². The van der Waals surface area contributed by atoms with E-state index in [0.29, 0.717) is 36.7 Å². The van der Waals surface area contributed by atoms with E-state index in [-0.39, 0.29) is 6.10 Å². The first kappa shape index (κ1) is 14.3. The van der Waals surface area contributed by atoms with E-state index in [4.69, 9.17) is 21.6 Å². The molecule has 0 aromatic heterocycles. The number of hydrogen-bond acceptors (Lipinski definition) is 4. The van der Waals surface area contributed by atoms with Gasteiger partial charge in [-0.3, -0.25) is 0 Å². The Hall–Kier alpha value is -1.12. The first-order valence-electron chi connectivity index (χ1n) is 6.28. The first-order chi connectivity index (χ1) is 9.05. The Morgan fingerprint density at radius 3 is 3.00 bits per heavy atom. The molecule has 1 aromatic rings. The van der Waals surface area contributed by atoms with Crippen LogP contribution in [0.15, 0.2) is 18.2 Å². The average molecular weight is 281 g/mol. The van der Waals surface area contributed by atoms with Gasteiger partial charge in [0.1, 0.15) is 5.60 Å². The second-order valence-corrected chi connectivity index (χ2v) is 5.30. The van der Waals surface area contributed by atoms with Crippen LogP contribution in [0.2, 0.25) is 5.02 Å². The number of ether oxygens (including phenoxy) is 1. The molecule has 1 heterocycles. The van der Waals surface area contributed by atoms with Crippen molar-refractivity contribution in [2.75, 3.05) is 13.2 Å². The number of benzene rings is 1. The monoisotopic (exact) mass is 280 g/mol. The van der Waals surface area contributed by atoms with Crippen LogP contribution < -0.4 is 5.32 Å². The van der Waals surface area contributed by atoms with Gasteiger partial charge in [0.15, 0.2) is 0 Å². The van der Waals surface area contributed by atoms with Gasteiger partial charge in [-0.1, -0.05) is 17.7 Å². The highest BCUT2D eigenvalue weighted by Crippen LogP contribution is 2.25. The van der Waals surface area contributed by atoms with Crippen LogP contribution in [0.4, 0.5) is 0 Å². The summed E-state index contributed by atoms with van der Waals surface area (Å²) in [6.07, 6.45) is 0.485. The highest BCUT2D eigenvalue weighted by atomic mass is 35.5. The predicted molar refractivity (Wildman–Crippen MR) is 72.9 cm³/mol. The van der Waals surface area contributed by atoms with E-state index in [1.807, 2.05) is 19.1 Å². The molecule has 2 unspecified atom stereocenters. The molecule has 0 aliphatic carbocycles. The van der Waals surface area contributed by atoms with E-state index in [1.165, 1.54) is 0 Å². The van der Waals surface area contributed by atoms with E-state index in [0.717, 1.165) is 5.56 Å². The van der Waals surface area contributed by atoms with Crippen LogP contribution in [0, 0.1) is 11.3 Å². The Labute approximate surface area is 117 Å². The van der Waals surface area contributed by atoms with Crippen molar-refractivity contribution >= 4 is 11.6 Å². The van der Waals surface area contributed by atoms with Crippen molar-refractivity contribution < 1.29 is 9.84 Å². The van der Waals surface area contributed by atoms with Gasteiger partial charge >= 0.3 is 0 Å². The van der Waals surface area contributed by atoms with Crippen molar-refractivity contribution in [2.24, 2.45) is 0 Å². The molecule has 2 N–H and O–H groups in total. The quantitative estimate of drug-likeness (QED) is 0.883. The Morgan fingerprint density at radius 2 is 2.42 bits per heavy atom. The first-order valence-corrected chi connectivity index (χ1v) is 6.66. The van der Waals surface area contributed by atoms with Gasteiger partial charge < -0.3 is 15.2 Å². The normalized spacial score (nSPS) is 26.3.